The Kier molecular flexibility index (Phi) is 3.35. The van der Waals surface area contributed by atoms with E-state index < -0.39 is 0 Å². The number of H-pyrrole nitrogens is 1. The summed E-state index contributed by atoms with van der Waals surface area (Å²) in [6.07, 6.45) is 3.70. The Morgan fingerprint density at radius 3 is 2.62 bits per heavy atom. The van der Waals surface area contributed by atoms with E-state index in [9.17, 15) is 0 Å². The molecular formula is C15H17N5O. The molecule has 0 spiro atoms. The van der Waals surface area contributed by atoms with Crippen LogP contribution in [0.3, 0.4) is 0 Å². The van der Waals surface area contributed by atoms with Crippen LogP contribution in [-0.2, 0) is 7.05 Å². The number of hydrogen-bond acceptors (Lipinski definition) is 4. The van der Waals surface area contributed by atoms with Gasteiger partial charge in [-0.05, 0) is 24.6 Å². The number of benzene rings is 1. The number of hydrogen-bond donors (Lipinski definition) is 2. The molecule has 2 aromatic heterocycles. The summed E-state index contributed by atoms with van der Waals surface area (Å²) in [6.45, 7) is 2.61. The van der Waals surface area contributed by atoms with E-state index in [1.807, 2.05) is 44.4 Å². The zero-order valence-electron chi connectivity index (χ0n) is 12.0. The molecule has 21 heavy (non-hydrogen) atoms. The standard InChI is InChI=1S/C15H17N5O/c1-3-21-12-6-4-10(5-7-12)13-14(18-19-15(13)16)11-8-17-20(2)9-11/h4-9H,3H2,1-2H3,(H3,16,18,19). The topological polar surface area (TPSA) is 81.8 Å². The fourth-order valence-corrected chi connectivity index (χ4v) is 2.29. The highest BCUT2D eigenvalue weighted by Crippen LogP contribution is 2.35. The van der Waals surface area contributed by atoms with E-state index in [2.05, 4.69) is 15.3 Å². The molecule has 0 atom stereocenters. The van der Waals surface area contributed by atoms with Gasteiger partial charge in [0.05, 0.1) is 24.1 Å². The molecule has 2 heterocycles. The average molecular weight is 283 g/mol. The van der Waals surface area contributed by atoms with Crippen LogP contribution in [-0.4, -0.2) is 26.6 Å². The number of aromatic nitrogens is 4. The summed E-state index contributed by atoms with van der Waals surface area (Å²) in [5.41, 5.74) is 9.70. The van der Waals surface area contributed by atoms with Crippen LogP contribution >= 0.6 is 0 Å². The fourth-order valence-electron chi connectivity index (χ4n) is 2.29. The number of nitrogens with two attached hydrogens (primary N) is 1. The summed E-state index contributed by atoms with van der Waals surface area (Å²) >= 11 is 0. The predicted octanol–water partition coefficient (Wildman–Crippen LogP) is 2.46. The molecule has 3 aromatic rings. The summed E-state index contributed by atoms with van der Waals surface area (Å²) in [6, 6.07) is 7.81. The number of nitrogens with zero attached hydrogens (tertiary/aromatic N) is 3. The quantitative estimate of drug-likeness (QED) is 0.770. The minimum atomic E-state index is 0.470. The van der Waals surface area contributed by atoms with Crippen molar-refractivity contribution in [3.63, 3.8) is 0 Å². The first-order valence-electron chi connectivity index (χ1n) is 6.75. The van der Waals surface area contributed by atoms with Crippen molar-refractivity contribution in [2.75, 3.05) is 12.3 Å². The van der Waals surface area contributed by atoms with Gasteiger partial charge in [0.25, 0.3) is 0 Å². The lowest BCUT2D eigenvalue weighted by Gasteiger charge is -2.06. The summed E-state index contributed by atoms with van der Waals surface area (Å²) in [7, 11) is 1.87. The number of rotatable bonds is 4. The number of aromatic amines is 1. The van der Waals surface area contributed by atoms with Crippen LogP contribution in [0.25, 0.3) is 22.4 Å². The molecule has 0 aliphatic carbocycles. The molecule has 3 N–H and O–H groups in total. The van der Waals surface area contributed by atoms with Crippen molar-refractivity contribution in [1.29, 1.82) is 0 Å². The second-order valence-corrected chi connectivity index (χ2v) is 4.72. The van der Waals surface area contributed by atoms with Crippen molar-refractivity contribution in [2.45, 2.75) is 6.92 Å². The molecule has 3 rings (SSSR count). The first kappa shape index (κ1) is 13.2. The largest absolute Gasteiger partial charge is 0.494 e. The average Bonchev–Trinajstić information content (AvgIpc) is 3.06. The first-order valence-corrected chi connectivity index (χ1v) is 6.75. The molecule has 0 amide bonds. The van der Waals surface area contributed by atoms with Crippen molar-refractivity contribution in [3.8, 4) is 28.1 Å². The second kappa shape index (κ2) is 5.32. The fraction of sp³-hybridized carbons (Fsp3) is 0.200. The highest BCUT2D eigenvalue weighted by molar-refractivity contribution is 5.87. The lowest BCUT2D eigenvalue weighted by Crippen LogP contribution is -1.92. The molecule has 0 fully saturated rings. The molecular weight excluding hydrogens is 266 g/mol. The van der Waals surface area contributed by atoms with Gasteiger partial charge in [0.2, 0.25) is 0 Å². The van der Waals surface area contributed by atoms with E-state index in [4.69, 9.17) is 10.5 Å². The molecule has 0 saturated carbocycles. The SMILES string of the molecule is CCOc1ccc(-c2c(N)n[nH]c2-c2cnn(C)c2)cc1. The smallest absolute Gasteiger partial charge is 0.153 e. The summed E-state index contributed by atoms with van der Waals surface area (Å²) in [4.78, 5) is 0. The van der Waals surface area contributed by atoms with Gasteiger partial charge in [-0.2, -0.15) is 10.2 Å². The third-order valence-electron chi connectivity index (χ3n) is 3.24. The highest BCUT2D eigenvalue weighted by atomic mass is 16.5. The lowest BCUT2D eigenvalue weighted by molar-refractivity contribution is 0.340. The lowest BCUT2D eigenvalue weighted by atomic mass is 10.0. The summed E-state index contributed by atoms with van der Waals surface area (Å²) < 4.78 is 7.20. The molecule has 6 heteroatoms. The van der Waals surface area contributed by atoms with Crippen LogP contribution in [0, 0.1) is 0 Å². The van der Waals surface area contributed by atoms with Gasteiger partial charge in [0, 0.05) is 18.8 Å². The Balaban J connectivity index is 2.04. The summed E-state index contributed by atoms with van der Waals surface area (Å²) in [5.74, 6) is 1.31. The normalized spacial score (nSPS) is 10.8. The third kappa shape index (κ3) is 2.47. The maximum absolute atomic E-state index is 6.01. The molecule has 0 aliphatic rings. The van der Waals surface area contributed by atoms with Gasteiger partial charge in [-0.15, -0.1) is 0 Å². The van der Waals surface area contributed by atoms with E-state index in [1.54, 1.807) is 10.9 Å². The Labute approximate surface area is 122 Å². The van der Waals surface area contributed by atoms with Crippen LogP contribution in [0.5, 0.6) is 5.75 Å². The number of aryl methyl sites for hydroxylation is 1. The number of nitrogens with one attached hydrogen (secondary N) is 1. The van der Waals surface area contributed by atoms with Crippen LogP contribution in [0.15, 0.2) is 36.7 Å². The molecule has 0 radical (unpaired) electrons. The minimum Gasteiger partial charge on any atom is -0.494 e. The molecule has 0 bridgehead atoms. The van der Waals surface area contributed by atoms with Gasteiger partial charge in [0.15, 0.2) is 5.82 Å². The molecule has 0 unspecified atom stereocenters. The Hall–Kier alpha value is -2.76. The van der Waals surface area contributed by atoms with Gasteiger partial charge in [-0.3, -0.25) is 9.78 Å². The Bertz CT molecular complexity index is 742. The van der Waals surface area contributed by atoms with E-state index in [1.165, 1.54) is 0 Å². The Morgan fingerprint density at radius 2 is 2.00 bits per heavy atom. The van der Waals surface area contributed by atoms with Gasteiger partial charge in [-0.1, -0.05) is 12.1 Å². The number of anilines is 1. The minimum absolute atomic E-state index is 0.470. The maximum atomic E-state index is 6.01. The Morgan fingerprint density at radius 1 is 1.24 bits per heavy atom. The van der Waals surface area contributed by atoms with Crippen molar-refractivity contribution >= 4 is 5.82 Å². The van der Waals surface area contributed by atoms with Crippen LogP contribution in [0.1, 0.15) is 6.92 Å². The maximum Gasteiger partial charge on any atom is 0.153 e. The van der Waals surface area contributed by atoms with Crippen molar-refractivity contribution < 1.29 is 4.74 Å². The van der Waals surface area contributed by atoms with Crippen LogP contribution < -0.4 is 10.5 Å². The third-order valence-corrected chi connectivity index (χ3v) is 3.24. The first-order chi connectivity index (χ1) is 10.2. The van der Waals surface area contributed by atoms with Crippen molar-refractivity contribution in [1.82, 2.24) is 20.0 Å². The van der Waals surface area contributed by atoms with Crippen LogP contribution in [0.2, 0.25) is 0 Å². The van der Waals surface area contributed by atoms with Gasteiger partial charge >= 0.3 is 0 Å². The zero-order valence-corrected chi connectivity index (χ0v) is 12.0. The van der Waals surface area contributed by atoms with E-state index in [0.717, 1.165) is 28.1 Å². The molecule has 0 aliphatic heterocycles. The van der Waals surface area contributed by atoms with E-state index in [-0.39, 0.29) is 0 Å². The van der Waals surface area contributed by atoms with Gasteiger partial charge < -0.3 is 10.5 Å². The molecule has 108 valence electrons. The number of nitrogen functional groups attached to an aromatic ring is 1. The van der Waals surface area contributed by atoms with Gasteiger partial charge in [-0.25, -0.2) is 0 Å². The predicted molar refractivity (Wildman–Crippen MR) is 81.8 cm³/mol. The zero-order chi connectivity index (χ0) is 14.8. The van der Waals surface area contributed by atoms with Crippen LogP contribution in [0.4, 0.5) is 5.82 Å². The van der Waals surface area contributed by atoms with E-state index in [0.29, 0.717) is 12.4 Å². The monoisotopic (exact) mass is 283 g/mol. The molecule has 6 nitrogen and oxygen atoms in total. The summed E-state index contributed by atoms with van der Waals surface area (Å²) in [5, 5.41) is 11.3. The van der Waals surface area contributed by atoms with Crippen molar-refractivity contribution in [3.05, 3.63) is 36.7 Å². The highest BCUT2D eigenvalue weighted by Gasteiger charge is 2.15. The van der Waals surface area contributed by atoms with Gasteiger partial charge in [0.1, 0.15) is 5.75 Å². The second-order valence-electron chi connectivity index (χ2n) is 4.72. The molecule has 1 aromatic carbocycles. The molecule has 0 saturated heterocycles. The number of ether oxygens (including phenoxy) is 1. The van der Waals surface area contributed by atoms with E-state index >= 15 is 0 Å². The van der Waals surface area contributed by atoms with Crippen molar-refractivity contribution in [2.24, 2.45) is 7.05 Å².